The van der Waals surface area contributed by atoms with Crippen LogP contribution in [0.4, 0.5) is 0 Å². The quantitative estimate of drug-likeness (QED) is 0.471. The highest BCUT2D eigenvalue weighted by Crippen LogP contribution is 2.18. The van der Waals surface area contributed by atoms with E-state index in [-0.39, 0.29) is 0 Å². The zero-order valence-corrected chi connectivity index (χ0v) is 7.54. The van der Waals surface area contributed by atoms with E-state index in [0.29, 0.717) is 3.92 Å². The van der Waals surface area contributed by atoms with Gasteiger partial charge in [-0.1, -0.05) is 11.3 Å². The minimum Gasteiger partial charge on any atom is -0.617 e. The molecule has 0 fully saturated rings. The molecule has 0 aliphatic rings. The molecule has 0 saturated carbocycles. The largest absolute Gasteiger partial charge is 0.617 e. The Kier molecular flexibility index (Phi) is 1.77. The lowest BCUT2D eigenvalue weighted by molar-refractivity contribution is -0.618. The molecule has 50 valence electrons. The average Bonchev–Trinajstić information content (AvgIpc) is 1.98. The van der Waals surface area contributed by atoms with Gasteiger partial charge in [0.05, 0.1) is 4.88 Å². The van der Waals surface area contributed by atoms with Crippen LogP contribution in [0.5, 0.6) is 0 Å². The van der Waals surface area contributed by atoms with Crippen molar-refractivity contribution in [2.45, 2.75) is 13.8 Å². The third kappa shape index (κ3) is 1.09. The van der Waals surface area contributed by atoms with Gasteiger partial charge in [-0.2, -0.15) is 4.73 Å². The first-order valence-electron chi connectivity index (χ1n) is 2.48. The van der Waals surface area contributed by atoms with E-state index >= 15 is 0 Å². The summed E-state index contributed by atoms with van der Waals surface area (Å²) in [4.78, 5) is 1.07. The molecular weight excluding hydrogens is 202 g/mol. The van der Waals surface area contributed by atoms with Crippen LogP contribution in [-0.2, 0) is 0 Å². The molecule has 1 heterocycles. The van der Waals surface area contributed by atoms with Crippen LogP contribution in [0.2, 0.25) is 0 Å². The van der Waals surface area contributed by atoms with Gasteiger partial charge in [-0.15, -0.1) is 0 Å². The van der Waals surface area contributed by atoms with Crippen LogP contribution in [0.3, 0.4) is 0 Å². The number of hydrogen-bond acceptors (Lipinski definition) is 2. The minimum absolute atomic E-state index is 0.637. The third-order valence-electron chi connectivity index (χ3n) is 1.21. The van der Waals surface area contributed by atoms with Crippen LogP contribution in [0.25, 0.3) is 0 Å². The molecule has 1 aromatic heterocycles. The van der Waals surface area contributed by atoms with Gasteiger partial charge in [-0.25, -0.2) is 0 Å². The molecule has 9 heavy (non-hydrogen) atoms. The van der Waals surface area contributed by atoms with E-state index in [4.69, 9.17) is 0 Å². The number of thiazole rings is 1. The molecule has 0 spiro atoms. The van der Waals surface area contributed by atoms with Gasteiger partial charge in [0, 0.05) is 22.9 Å². The number of aryl methyl sites for hydroxylation is 1. The predicted molar refractivity (Wildman–Crippen MR) is 40.5 cm³/mol. The zero-order valence-electron chi connectivity index (χ0n) is 5.14. The van der Waals surface area contributed by atoms with Crippen molar-refractivity contribution in [3.63, 3.8) is 0 Å². The van der Waals surface area contributed by atoms with Crippen LogP contribution in [0.1, 0.15) is 10.6 Å². The Morgan fingerprint density at radius 3 is 2.22 bits per heavy atom. The molecule has 0 atom stereocenters. The van der Waals surface area contributed by atoms with E-state index in [0.717, 1.165) is 15.3 Å². The summed E-state index contributed by atoms with van der Waals surface area (Å²) in [6.45, 7) is 3.74. The van der Waals surface area contributed by atoms with Gasteiger partial charge in [0.1, 0.15) is 0 Å². The second kappa shape index (κ2) is 2.27. The summed E-state index contributed by atoms with van der Waals surface area (Å²) in [5, 5.41) is 10.9. The predicted octanol–water partition coefficient (Wildman–Crippen LogP) is 1.76. The summed E-state index contributed by atoms with van der Waals surface area (Å²) >= 11 is 4.60. The fourth-order valence-electron chi connectivity index (χ4n) is 0.516. The number of hydrogen-bond donors (Lipinski definition) is 0. The second-order valence-corrected chi connectivity index (χ2v) is 4.27. The standard InChI is InChI=1S/C5H6BrNOS/c1-3-4(2)9-5(6)7(3)8/h1-2H3. The molecular formula is C5H6BrNOS. The van der Waals surface area contributed by atoms with Crippen molar-refractivity contribution in [2.75, 3.05) is 0 Å². The second-order valence-electron chi connectivity index (χ2n) is 1.79. The molecule has 0 unspecified atom stereocenters. The van der Waals surface area contributed by atoms with Gasteiger partial charge in [0.25, 0.3) is 0 Å². The SMILES string of the molecule is Cc1sc(Br)[n+]([O-])c1C. The zero-order chi connectivity index (χ0) is 7.02. The highest BCUT2D eigenvalue weighted by atomic mass is 79.9. The first-order chi connectivity index (χ1) is 4.13. The summed E-state index contributed by atoms with van der Waals surface area (Å²) in [5.74, 6) is 0. The fraction of sp³-hybridized carbons (Fsp3) is 0.400. The summed E-state index contributed by atoms with van der Waals surface area (Å²) in [6.07, 6.45) is 0. The number of aromatic nitrogens is 1. The summed E-state index contributed by atoms with van der Waals surface area (Å²) in [6, 6.07) is 0. The molecule has 0 saturated heterocycles. The highest BCUT2D eigenvalue weighted by molar-refractivity contribution is 9.11. The number of nitrogens with zero attached hydrogens (tertiary/aromatic N) is 1. The Morgan fingerprint density at radius 2 is 2.11 bits per heavy atom. The number of halogens is 1. The molecule has 0 amide bonds. The van der Waals surface area contributed by atoms with Gasteiger partial charge >= 0.3 is 3.92 Å². The Balaban J connectivity index is 3.29. The summed E-state index contributed by atoms with van der Waals surface area (Å²) in [7, 11) is 0. The van der Waals surface area contributed by atoms with Crippen LogP contribution < -0.4 is 4.73 Å². The lowest BCUT2D eigenvalue weighted by Gasteiger charge is -1.91. The monoisotopic (exact) mass is 207 g/mol. The van der Waals surface area contributed by atoms with Gasteiger partial charge in [0.15, 0.2) is 0 Å². The van der Waals surface area contributed by atoms with Gasteiger partial charge in [-0.05, 0) is 6.92 Å². The molecule has 0 N–H and O–H groups in total. The van der Waals surface area contributed by atoms with E-state index in [2.05, 4.69) is 15.9 Å². The Labute approximate surface area is 65.8 Å². The van der Waals surface area contributed by atoms with Crippen LogP contribution in [0.15, 0.2) is 3.92 Å². The maximum absolute atomic E-state index is 10.9. The molecule has 0 aliphatic carbocycles. The van der Waals surface area contributed by atoms with E-state index in [9.17, 15) is 5.21 Å². The molecule has 4 heteroatoms. The van der Waals surface area contributed by atoms with Crippen molar-refractivity contribution < 1.29 is 4.73 Å². The van der Waals surface area contributed by atoms with E-state index < -0.39 is 0 Å². The average molecular weight is 208 g/mol. The summed E-state index contributed by atoms with van der Waals surface area (Å²) < 4.78 is 1.53. The highest BCUT2D eigenvalue weighted by Gasteiger charge is 2.11. The van der Waals surface area contributed by atoms with Crippen LogP contribution in [0, 0.1) is 19.1 Å². The van der Waals surface area contributed by atoms with Crippen LogP contribution >= 0.6 is 27.3 Å². The van der Waals surface area contributed by atoms with Crippen molar-refractivity contribution in [2.24, 2.45) is 0 Å². The maximum atomic E-state index is 10.9. The van der Waals surface area contributed by atoms with Crippen LogP contribution in [-0.4, -0.2) is 0 Å². The maximum Gasteiger partial charge on any atom is 0.316 e. The fourth-order valence-corrected chi connectivity index (χ4v) is 2.21. The first kappa shape index (κ1) is 7.02. The van der Waals surface area contributed by atoms with Gasteiger partial charge < -0.3 is 5.21 Å². The molecule has 1 aromatic rings. The van der Waals surface area contributed by atoms with Crippen molar-refractivity contribution in [1.29, 1.82) is 0 Å². The normalized spacial score (nSPS) is 10.1. The number of rotatable bonds is 0. The van der Waals surface area contributed by atoms with E-state index in [1.54, 1.807) is 0 Å². The van der Waals surface area contributed by atoms with Crippen molar-refractivity contribution in [3.05, 3.63) is 19.7 Å². The molecule has 0 radical (unpaired) electrons. The third-order valence-corrected chi connectivity index (χ3v) is 2.95. The van der Waals surface area contributed by atoms with Crippen molar-refractivity contribution in [3.8, 4) is 0 Å². The van der Waals surface area contributed by atoms with Crippen molar-refractivity contribution >= 4 is 27.3 Å². The Bertz CT molecular complexity index is 211. The molecule has 2 nitrogen and oxygen atoms in total. The molecule has 0 aliphatic heterocycles. The first-order valence-corrected chi connectivity index (χ1v) is 4.09. The lowest BCUT2D eigenvalue weighted by atomic mass is 10.4. The Morgan fingerprint density at radius 1 is 1.56 bits per heavy atom. The van der Waals surface area contributed by atoms with E-state index in [1.165, 1.54) is 11.3 Å². The minimum atomic E-state index is 0.637. The smallest absolute Gasteiger partial charge is 0.316 e. The molecule has 1 rings (SSSR count). The lowest BCUT2D eigenvalue weighted by Crippen LogP contribution is -2.27. The van der Waals surface area contributed by atoms with Gasteiger partial charge in [0.2, 0.25) is 5.69 Å². The summed E-state index contributed by atoms with van der Waals surface area (Å²) in [5.41, 5.74) is 0.784. The molecule has 0 aromatic carbocycles. The van der Waals surface area contributed by atoms with Gasteiger partial charge in [-0.3, -0.25) is 0 Å². The van der Waals surface area contributed by atoms with Crippen molar-refractivity contribution in [1.82, 2.24) is 0 Å². The Hall–Kier alpha value is -0.0900. The molecule has 0 bridgehead atoms. The topological polar surface area (TPSA) is 26.9 Å². The van der Waals surface area contributed by atoms with E-state index in [1.807, 2.05) is 13.8 Å².